The molecule has 2 aliphatic rings. The minimum absolute atomic E-state index is 0.234. The van der Waals surface area contributed by atoms with Gasteiger partial charge in [0.2, 0.25) is 12.2 Å². The molecule has 0 bridgehead atoms. The first-order valence-corrected chi connectivity index (χ1v) is 9.19. The molecule has 1 atom stereocenters. The summed E-state index contributed by atoms with van der Waals surface area (Å²) in [6, 6.07) is 5.00. The zero-order valence-corrected chi connectivity index (χ0v) is 14.4. The second-order valence-corrected chi connectivity index (χ2v) is 6.95. The lowest BCUT2D eigenvalue weighted by atomic mass is 10.0. The van der Waals surface area contributed by atoms with Crippen molar-refractivity contribution in [2.24, 2.45) is 0 Å². The highest BCUT2D eigenvalue weighted by Gasteiger charge is 2.33. The van der Waals surface area contributed by atoms with Crippen LogP contribution in [0.1, 0.15) is 32.1 Å². The third-order valence-corrected chi connectivity index (χ3v) is 5.47. The van der Waals surface area contributed by atoms with Gasteiger partial charge < -0.3 is 14.5 Å². The summed E-state index contributed by atoms with van der Waals surface area (Å²) in [5, 5.41) is 13.4. The Hall–Kier alpha value is -1.99. The first-order valence-electron chi connectivity index (χ1n) is 9.19. The van der Waals surface area contributed by atoms with Gasteiger partial charge in [-0.2, -0.15) is 4.98 Å². The lowest BCUT2D eigenvalue weighted by Crippen LogP contribution is -2.56. The molecule has 1 saturated carbocycles. The standard InChI is InChI=1S/C18H25N5O2/c24-10-6-16-12-22(8-9-23(16)15-3-1-2-4-15)17-11-14(5-7-19-17)18-20-13-25-21-18/h5,7,11,13,15-16,24H,1-4,6,8-10,12H2. The van der Waals surface area contributed by atoms with E-state index >= 15 is 0 Å². The molecule has 2 fully saturated rings. The van der Waals surface area contributed by atoms with Crippen LogP contribution in [0.15, 0.2) is 29.2 Å². The molecule has 0 aromatic carbocycles. The molecule has 0 amide bonds. The normalized spacial score (nSPS) is 22.6. The van der Waals surface area contributed by atoms with Crippen LogP contribution in [0.2, 0.25) is 0 Å². The van der Waals surface area contributed by atoms with E-state index in [9.17, 15) is 5.11 Å². The van der Waals surface area contributed by atoms with E-state index < -0.39 is 0 Å². The Bertz CT molecular complexity index is 672. The molecule has 3 heterocycles. The topological polar surface area (TPSA) is 78.5 Å². The van der Waals surface area contributed by atoms with Gasteiger partial charge in [0.05, 0.1) is 0 Å². The summed E-state index contributed by atoms with van der Waals surface area (Å²) in [7, 11) is 0. The molecule has 0 radical (unpaired) electrons. The Kier molecular flexibility index (Phi) is 4.94. The van der Waals surface area contributed by atoms with Crippen molar-refractivity contribution < 1.29 is 9.63 Å². The second kappa shape index (κ2) is 7.49. The Morgan fingerprint density at radius 1 is 1.20 bits per heavy atom. The van der Waals surface area contributed by atoms with Crippen LogP contribution < -0.4 is 4.90 Å². The van der Waals surface area contributed by atoms with Crippen LogP contribution in [0.4, 0.5) is 5.82 Å². The van der Waals surface area contributed by atoms with Gasteiger partial charge in [0, 0.05) is 50.1 Å². The summed E-state index contributed by atoms with van der Waals surface area (Å²) < 4.78 is 4.84. The molecule has 7 nitrogen and oxygen atoms in total. The Morgan fingerprint density at radius 2 is 2.08 bits per heavy atom. The summed E-state index contributed by atoms with van der Waals surface area (Å²) in [5.41, 5.74) is 0.913. The van der Waals surface area contributed by atoms with Crippen LogP contribution in [-0.4, -0.2) is 63.5 Å². The van der Waals surface area contributed by atoms with E-state index in [0.29, 0.717) is 17.9 Å². The van der Waals surface area contributed by atoms with Crippen LogP contribution in [0.25, 0.3) is 11.4 Å². The quantitative estimate of drug-likeness (QED) is 0.889. The van der Waals surface area contributed by atoms with Crippen LogP contribution in [0.3, 0.4) is 0 Å². The molecule has 134 valence electrons. The minimum Gasteiger partial charge on any atom is -0.396 e. The molecule has 1 unspecified atom stereocenters. The molecule has 1 aliphatic heterocycles. The number of hydrogen-bond donors (Lipinski definition) is 1. The molecule has 1 saturated heterocycles. The Labute approximate surface area is 147 Å². The predicted octanol–water partition coefficient (Wildman–Crippen LogP) is 1.95. The van der Waals surface area contributed by atoms with Gasteiger partial charge in [-0.25, -0.2) is 4.98 Å². The van der Waals surface area contributed by atoms with Crippen molar-refractivity contribution in [1.29, 1.82) is 0 Å². The summed E-state index contributed by atoms with van der Waals surface area (Å²) in [6.07, 6.45) is 9.23. The predicted molar refractivity (Wildman–Crippen MR) is 94.2 cm³/mol. The average Bonchev–Trinajstić information content (AvgIpc) is 3.36. The van der Waals surface area contributed by atoms with E-state index in [1.54, 1.807) is 6.20 Å². The number of aromatic nitrogens is 3. The number of aliphatic hydroxyl groups excluding tert-OH is 1. The van der Waals surface area contributed by atoms with Crippen LogP contribution in [-0.2, 0) is 0 Å². The van der Waals surface area contributed by atoms with Crippen LogP contribution >= 0.6 is 0 Å². The fourth-order valence-corrected chi connectivity index (χ4v) is 4.23. The highest BCUT2D eigenvalue weighted by Crippen LogP contribution is 2.29. The molecule has 1 N–H and O–H groups in total. The number of piperazine rings is 1. The third kappa shape index (κ3) is 3.52. The maximum atomic E-state index is 9.52. The summed E-state index contributed by atoms with van der Waals surface area (Å²) >= 11 is 0. The monoisotopic (exact) mass is 343 g/mol. The van der Waals surface area contributed by atoms with E-state index in [0.717, 1.165) is 37.4 Å². The van der Waals surface area contributed by atoms with Crippen molar-refractivity contribution in [2.45, 2.75) is 44.2 Å². The maximum Gasteiger partial charge on any atom is 0.214 e. The lowest BCUT2D eigenvalue weighted by molar-refractivity contribution is 0.0982. The van der Waals surface area contributed by atoms with Crippen molar-refractivity contribution in [3.63, 3.8) is 0 Å². The van der Waals surface area contributed by atoms with Crippen molar-refractivity contribution in [3.8, 4) is 11.4 Å². The first kappa shape index (κ1) is 16.5. The number of nitrogens with zero attached hydrogens (tertiary/aromatic N) is 5. The Balaban J connectivity index is 1.51. The van der Waals surface area contributed by atoms with Gasteiger partial charge in [0.1, 0.15) is 5.82 Å². The molecule has 7 heteroatoms. The zero-order chi connectivity index (χ0) is 17.1. The number of anilines is 1. The summed E-state index contributed by atoms with van der Waals surface area (Å²) in [5.74, 6) is 1.52. The molecule has 0 spiro atoms. The fourth-order valence-electron chi connectivity index (χ4n) is 4.23. The molecule has 25 heavy (non-hydrogen) atoms. The van der Waals surface area contributed by atoms with Crippen LogP contribution in [0, 0.1) is 0 Å². The zero-order valence-electron chi connectivity index (χ0n) is 14.4. The van der Waals surface area contributed by atoms with Gasteiger partial charge in [-0.1, -0.05) is 18.0 Å². The second-order valence-electron chi connectivity index (χ2n) is 6.95. The van der Waals surface area contributed by atoms with E-state index in [-0.39, 0.29) is 6.61 Å². The number of rotatable bonds is 5. The summed E-state index contributed by atoms with van der Waals surface area (Å²) in [4.78, 5) is 13.6. The fraction of sp³-hybridized carbons (Fsp3) is 0.611. The first-order chi connectivity index (χ1) is 12.3. The SMILES string of the molecule is OCCC1CN(c2cc(-c3ncon3)ccn2)CCN1C1CCCC1. The van der Waals surface area contributed by atoms with Gasteiger partial charge in [-0.05, 0) is 31.4 Å². The molecule has 4 rings (SSSR count). The molecular formula is C18H25N5O2. The van der Waals surface area contributed by atoms with E-state index in [4.69, 9.17) is 4.52 Å². The van der Waals surface area contributed by atoms with E-state index in [1.165, 1.54) is 32.1 Å². The molecule has 1 aliphatic carbocycles. The van der Waals surface area contributed by atoms with Crippen molar-refractivity contribution in [2.75, 3.05) is 31.1 Å². The summed E-state index contributed by atoms with van der Waals surface area (Å²) in [6.45, 7) is 3.13. The van der Waals surface area contributed by atoms with Crippen LogP contribution in [0.5, 0.6) is 0 Å². The third-order valence-electron chi connectivity index (χ3n) is 5.47. The minimum atomic E-state index is 0.234. The van der Waals surface area contributed by atoms with Crippen molar-refractivity contribution in [1.82, 2.24) is 20.0 Å². The van der Waals surface area contributed by atoms with Gasteiger partial charge in [-0.3, -0.25) is 4.90 Å². The number of aliphatic hydroxyl groups is 1. The van der Waals surface area contributed by atoms with Gasteiger partial charge in [-0.15, -0.1) is 0 Å². The smallest absolute Gasteiger partial charge is 0.214 e. The van der Waals surface area contributed by atoms with E-state index in [2.05, 4.69) is 24.9 Å². The highest BCUT2D eigenvalue weighted by molar-refractivity contribution is 5.59. The lowest BCUT2D eigenvalue weighted by Gasteiger charge is -2.45. The number of pyridine rings is 1. The largest absolute Gasteiger partial charge is 0.396 e. The highest BCUT2D eigenvalue weighted by atomic mass is 16.5. The Morgan fingerprint density at radius 3 is 2.84 bits per heavy atom. The van der Waals surface area contributed by atoms with E-state index in [1.807, 2.05) is 12.1 Å². The average molecular weight is 343 g/mol. The van der Waals surface area contributed by atoms with Crippen molar-refractivity contribution in [3.05, 3.63) is 24.7 Å². The van der Waals surface area contributed by atoms with Gasteiger partial charge in [0.25, 0.3) is 0 Å². The van der Waals surface area contributed by atoms with Gasteiger partial charge in [0.15, 0.2) is 0 Å². The molecule has 2 aromatic heterocycles. The molecular weight excluding hydrogens is 318 g/mol. The molecule has 2 aromatic rings. The van der Waals surface area contributed by atoms with Gasteiger partial charge >= 0.3 is 0 Å². The maximum absolute atomic E-state index is 9.52. The number of hydrogen-bond acceptors (Lipinski definition) is 7. The van der Waals surface area contributed by atoms with Crippen molar-refractivity contribution >= 4 is 5.82 Å².